The molecule has 1 aromatic rings. The van der Waals surface area contributed by atoms with Crippen LogP contribution in [0.25, 0.3) is 0 Å². The molecule has 5 heteroatoms. The zero-order valence-electron chi connectivity index (χ0n) is 12.4. The Hall–Kier alpha value is -1.99. The number of nitrogens with zero attached hydrogens (tertiary/aromatic N) is 1. The summed E-state index contributed by atoms with van der Waals surface area (Å²) in [6.45, 7) is 4.58. The van der Waals surface area contributed by atoms with Crippen molar-refractivity contribution in [1.29, 1.82) is 5.26 Å². The zero-order chi connectivity index (χ0) is 15.7. The van der Waals surface area contributed by atoms with Crippen LogP contribution in [0.1, 0.15) is 25.0 Å². The molecule has 0 heterocycles. The van der Waals surface area contributed by atoms with E-state index < -0.39 is 5.91 Å². The van der Waals surface area contributed by atoms with E-state index in [1.807, 2.05) is 38.1 Å². The fourth-order valence-corrected chi connectivity index (χ4v) is 2.07. The minimum atomic E-state index is -0.407. The summed E-state index contributed by atoms with van der Waals surface area (Å²) in [7, 11) is 0. The molecule has 0 fully saturated rings. The van der Waals surface area contributed by atoms with Crippen LogP contribution in [-0.2, 0) is 17.6 Å². The van der Waals surface area contributed by atoms with E-state index in [0.29, 0.717) is 12.4 Å². The quantitative estimate of drug-likeness (QED) is 0.352. The van der Waals surface area contributed by atoms with E-state index in [4.69, 9.17) is 16.9 Å². The van der Waals surface area contributed by atoms with Gasteiger partial charge in [-0.3, -0.25) is 4.79 Å². The molecule has 0 saturated carbocycles. The first-order valence-corrected chi connectivity index (χ1v) is 7.53. The van der Waals surface area contributed by atoms with Crippen molar-refractivity contribution in [2.45, 2.75) is 26.7 Å². The summed E-state index contributed by atoms with van der Waals surface area (Å²) in [6, 6.07) is 7.85. The Morgan fingerprint density at radius 2 is 1.95 bits per heavy atom. The van der Waals surface area contributed by atoms with E-state index in [-0.39, 0.29) is 5.57 Å². The summed E-state index contributed by atoms with van der Waals surface area (Å²) in [4.78, 5) is 12.2. The highest BCUT2D eigenvalue weighted by molar-refractivity contribution is 6.18. The van der Waals surface area contributed by atoms with Crippen LogP contribution in [-0.4, -0.2) is 18.3 Å². The molecule has 0 aliphatic carbocycles. The third kappa shape index (κ3) is 4.80. The van der Waals surface area contributed by atoms with Crippen molar-refractivity contribution in [3.8, 4) is 6.07 Å². The second-order valence-electron chi connectivity index (χ2n) is 4.43. The fourth-order valence-electron chi connectivity index (χ4n) is 1.96. The number of aryl methyl sites for hydroxylation is 2. The molecule has 0 bridgehead atoms. The van der Waals surface area contributed by atoms with E-state index in [2.05, 4.69) is 10.6 Å². The summed E-state index contributed by atoms with van der Waals surface area (Å²) in [5.41, 5.74) is 2.97. The molecule has 112 valence electrons. The Morgan fingerprint density at radius 1 is 1.33 bits per heavy atom. The topological polar surface area (TPSA) is 64.9 Å². The van der Waals surface area contributed by atoms with Gasteiger partial charge < -0.3 is 10.6 Å². The van der Waals surface area contributed by atoms with Crippen LogP contribution in [0.5, 0.6) is 0 Å². The first kappa shape index (κ1) is 17.1. The van der Waals surface area contributed by atoms with Gasteiger partial charge in [-0.1, -0.05) is 32.0 Å². The van der Waals surface area contributed by atoms with Gasteiger partial charge in [0.1, 0.15) is 11.6 Å². The molecule has 0 aromatic heterocycles. The van der Waals surface area contributed by atoms with Crippen LogP contribution in [0.4, 0.5) is 5.69 Å². The van der Waals surface area contributed by atoms with Crippen LogP contribution in [0.15, 0.2) is 30.0 Å². The number of amides is 1. The van der Waals surface area contributed by atoms with Gasteiger partial charge in [-0.15, -0.1) is 11.6 Å². The van der Waals surface area contributed by atoms with Crippen LogP contribution in [0.3, 0.4) is 0 Å². The number of hydrogen-bond acceptors (Lipinski definition) is 3. The van der Waals surface area contributed by atoms with E-state index >= 15 is 0 Å². The number of carbonyl (C=O) groups is 1. The van der Waals surface area contributed by atoms with E-state index in [9.17, 15) is 4.79 Å². The molecule has 0 saturated heterocycles. The normalized spacial score (nSPS) is 10.9. The third-order valence-electron chi connectivity index (χ3n) is 3.09. The molecule has 0 atom stereocenters. The smallest absolute Gasteiger partial charge is 0.267 e. The van der Waals surface area contributed by atoms with Crippen molar-refractivity contribution >= 4 is 23.2 Å². The standard InChI is InChI=1S/C16H20ClN3O/c1-3-12-6-5-7-13(4-2)15(12)20-16(21)14(10-18)11-19-9-8-17/h5-7,11,19H,3-4,8-9H2,1-2H3,(H,20,21)/b14-11-. The van der Waals surface area contributed by atoms with Gasteiger partial charge in [0, 0.05) is 24.3 Å². The maximum Gasteiger partial charge on any atom is 0.267 e. The number of halogens is 1. The number of carbonyl (C=O) groups excluding carboxylic acids is 1. The Morgan fingerprint density at radius 3 is 2.43 bits per heavy atom. The zero-order valence-corrected chi connectivity index (χ0v) is 13.1. The molecule has 21 heavy (non-hydrogen) atoms. The molecule has 0 aliphatic rings. The molecule has 0 spiro atoms. The predicted molar refractivity (Wildman–Crippen MR) is 86.2 cm³/mol. The molecule has 4 nitrogen and oxygen atoms in total. The lowest BCUT2D eigenvalue weighted by atomic mass is 10.0. The minimum Gasteiger partial charge on any atom is -0.388 e. The average Bonchev–Trinajstić information content (AvgIpc) is 2.51. The van der Waals surface area contributed by atoms with E-state index in [1.165, 1.54) is 6.20 Å². The van der Waals surface area contributed by atoms with Gasteiger partial charge in [0.05, 0.1) is 0 Å². The van der Waals surface area contributed by atoms with Gasteiger partial charge >= 0.3 is 0 Å². The number of nitriles is 1. The molecule has 0 aliphatic heterocycles. The Balaban J connectivity index is 2.97. The molecular weight excluding hydrogens is 286 g/mol. The summed E-state index contributed by atoms with van der Waals surface area (Å²) < 4.78 is 0. The molecule has 1 amide bonds. The van der Waals surface area contributed by atoms with Crippen molar-refractivity contribution in [3.05, 3.63) is 41.1 Å². The Kier molecular flexibility index (Phi) is 7.34. The Bertz CT molecular complexity index is 539. The molecule has 1 rings (SSSR count). The van der Waals surface area contributed by atoms with Crippen LogP contribution < -0.4 is 10.6 Å². The lowest BCUT2D eigenvalue weighted by Gasteiger charge is -2.14. The molecule has 2 N–H and O–H groups in total. The molecule has 0 radical (unpaired) electrons. The van der Waals surface area contributed by atoms with Crippen molar-refractivity contribution in [2.75, 3.05) is 17.7 Å². The molecule has 0 unspecified atom stereocenters. The van der Waals surface area contributed by atoms with E-state index in [1.54, 1.807) is 0 Å². The monoisotopic (exact) mass is 305 g/mol. The lowest BCUT2D eigenvalue weighted by molar-refractivity contribution is -0.112. The fraction of sp³-hybridized carbons (Fsp3) is 0.375. The van der Waals surface area contributed by atoms with Gasteiger partial charge in [-0.2, -0.15) is 5.26 Å². The summed E-state index contributed by atoms with van der Waals surface area (Å²) in [5, 5.41) is 14.8. The highest BCUT2D eigenvalue weighted by Gasteiger charge is 2.13. The van der Waals surface area contributed by atoms with Crippen molar-refractivity contribution in [1.82, 2.24) is 5.32 Å². The number of benzene rings is 1. The maximum absolute atomic E-state index is 12.2. The van der Waals surface area contributed by atoms with Crippen molar-refractivity contribution in [3.63, 3.8) is 0 Å². The third-order valence-corrected chi connectivity index (χ3v) is 3.28. The second kappa shape index (κ2) is 9.04. The highest BCUT2D eigenvalue weighted by atomic mass is 35.5. The SMILES string of the molecule is CCc1cccc(CC)c1NC(=O)/C(C#N)=C\NCCCl. The lowest BCUT2D eigenvalue weighted by Crippen LogP contribution is -2.19. The number of hydrogen-bond donors (Lipinski definition) is 2. The van der Waals surface area contributed by atoms with Gasteiger partial charge in [0.25, 0.3) is 5.91 Å². The number of para-hydroxylation sites is 1. The summed E-state index contributed by atoms with van der Waals surface area (Å²) in [5.74, 6) is 0.00493. The van der Waals surface area contributed by atoms with Gasteiger partial charge in [0.15, 0.2) is 0 Å². The van der Waals surface area contributed by atoms with Crippen LogP contribution >= 0.6 is 11.6 Å². The predicted octanol–water partition coefficient (Wildman–Crippen LogP) is 2.99. The number of anilines is 1. The average molecular weight is 306 g/mol. The van der Waals surface area contributed by atoms with Gasteiger partial charge in [-0.05, 0) is 24.0 Å². The number of rotatable bonds is 7. The van der Waals surface area contributed by atoms with Gasteiger partial charge in [-0.25, -0.2) is 0 Å². The molecule has 1 aromatic carbocycles. The summed E-state index contributed by atoms with van der Waals surface area (Å²) >= 11 is 5.54. The van der Waals surface area contributed by atoms with E-state index in [0.717, 1.165) is 29.7 Å². The maximum atomic E-state index is 12.2. The number of alkyl halides is 1. The Labute approximate surface area is 130 Å². The van der Waals surface area contributed by atoms with Crippen LogP contribution in [0, 0.1) is 11.3 Å². The van der Waals surface area contributed by atoms with Crippen LogP contribution in [0.2, 0.25) is 0 Å². The largest absolute Gasteiger partial charge is 0.388 e. The van der Waals surface area contributed by atoms with Crippen molar-refractivity contribution < 1.29 is 4.79 Å². The van der Waals surface area contributed by atoms with Crippen molar-refractivity contribution in [2.24, 2.45) is 0 Å². The highest BCUT2D eigenvalue weighted by Crippen LogP contribution is 2.23. The first-order valence-electron chi connectivity index (χ1n) is 6.99. The minimum absolute atomic E-state index is 0.0353. The first-order chi connectivity index (χ1) is 10.2. The number of nitrogens with one attached hydrogen (secondary N) is 2. The second-order valence-corrected chi connectivity index (χ2v) is 4.80. The molecular formula is C16H20ClN3O. The summed E-state index contributed by atoms with van der Waals surface area (Å²) in [6.07, 6.45) is 3.04. The van der Waals surface area contributed by atoms with Gasteiger partial charge in [0.2, 0.25) is 0 Å².